The van der Waals surface area contributed by atoms with Crippen molar-refractivity contribution in [3.05, 3.63) is 29.3 Å². The summed E-state index contributed by atoms with van der Waals surface area (Å²) in [5.74, 6) is -0.218. The Morgan fingerprint density at radius 2 is 2.05 bits per heavy atom. The van der Waals surface area contributed by atoms with E-state index in [2.05, 4.69) is 17.5 Å². The minimum atomic E-state index is -4.57. The van der Waals surface area contributed by atoms with Gasteiger partial charge in [0, 0.05) is 24.8 Å². The Kier molecular flexibility index (Phi) is 5.54. The summed E-state index contributed by atoms with van der Waals surface area (Å²) in [5.41, 5.74) is 4.32. The van der Waals surface area contributed by atoms with Crippen molar-refractivity contribution in [2.24, 2.45) is 5.73 Å². The molecule has 0 aliphatic carbocycles. The van der Waals surface area contributed by atoms with Gasteiger partial charge in [0.2, 0.25) is 5.91 Å². The smallest absolute Gasteiger partial charge is 0.389 e. The zero-order chi connectivity index (χ0) is 16.2. The number of alkyl halides is 3. The SMILES string of the molecule is CCN(C)C(=O)CNc1ccc(C(N)=S)c(C(F)(F)F)c1. The van der Waals surface area contributed by atoms with Crippen LogP contribution in [0.5, 0.6) is 0 Å². The van der Waals surface area contributed by atoms with E-state index >= 15 is 0 Å². The van der Waals surface area contributed by atoms with Crippen LogP contribution in [0.1, 0.15) is 18.1 Å². The first-order valence-corrected chi connectivity index (χ1v) is 6.56. The van der Waals surface area contributed by atoms with E-state index in [-0.39, 0.29) is 28.7 Å². The van der Waals surface area contributed by atoms with Gasteiger partial charge in [0.05, 0.1) is 12.1 Å². The monoisotopic (exact) mass is 319 g/mol. The predicted octanol–water partition coefficient (Wildman–Crippen LogP) is 2.23. The fraction of sp³-hybridized carbons (Fsp3) is 0.385. The number of nitrogens with two attached hydrogens (primary N) is 1. The van der Waals surface area contributed by atoms with Crippen molar-refractivity contribution in [3.8, 4) is 0 Å². The number of hydrogen-bond acceptors (Lipinski definition) is 3. The molecule has 21 heavy (non-hydrogen) atoms. The van der Waals surface area contributed by atoms with E-state index in [4.69, 9.17) is 5.73 Å². The number of carbonyl (C=O) groups is 1. The number of nitrogens with one attached hydrogen (secondary N) is 1. The molecule has 8 heteroatoms. The minimum absolute atomic E-state index is 0.0892. The van der Waals surface area contributed by atoms with E-state index in [0.29, 0.717) is 6.54 Å². The molecular weight excluding hydrogens is 303 g/mol. The summed E-state index contributed by atoms with van der Waals surface area (Å²) in [6.45, 7) is 2.24. The number of rotatable bonds is 5. The van der Waals surface area contributed by atoms with Gasteiger partial charge in [-0.05, 0) is 25.1 Å². The molecule has 0 fully saturated rings. The zero-order valence-corrected chi connectivity index (χ0v) is 12.4. The average Bonchev–Trinajstić information content (AvgIpc) is 2.42. The molecule has 0 aliphatic heterocycles. The normalized spacial score (nSPS) is 11.1. The summed E-state index contributed by atoms with van der Waals surface area (Å²) in [7, 11) is 1.61. The highest BCUT2D eigenvalue weighted by molar-refractivity contribution is 7.80. The van der Waals surface area contributed by atoms with Gasteiger partial charge < -0.3 is 16.0 Å². The lowest BCUT2D eigenvalue weighted by Gasteiger charge is -2.17. The topological polar surface area (TPSA) is 58.4 Å². The summed E-state index contributed by atoms with van der Waals surface area (Å²) in [6, 6.07) is 3.50. The largest absolute Gasteiger partial charge is 0.417 e. The fourth-order valence-electron chi connectivity index (χ4n) is 1.59. The minimum Gasteiger partial charge on any atom is -0.389 e. The van der Waals surface area contributed by atoms with E-state index < -0.39 is 11.7 Å². The molecule has 0 atom stereocenters. The molecule has 0 spiro atoms. The maximum absolute atomic E-state index is 13.0. The number of thiocarbonyl (C=S) groups is 1. The number of likely N-dealkylation sites (N-methyl/N-ethyl adjacent to an activating group) is 1. The van der Waals surface area contributed by atoms with Gasteiger partial charge >= 0.3 is 6.18 Å². The van der Waals surface area contributed by atoms with Gasteiger partial charge in [0.15, 0.2) is 0 Å². The highest BCUT2D eigenvalue weighted by Gasteiger charge is 2.34. The highest BCUT2D eigenvalue weighted by atomic mass is 32.1. The number of hydrogen-bond donors (Lipinski definition) is 2. The molecule has 0 aromatic heterocycles. The van der Waals surface area contributed by atoms with Crippen LogP contribution in [-0.4, -0.2) is 35.9 Å². The van der Waals surface area contributed by atoms with Crippen molar-refractivity contribution in [2.45, 2.75) is 13.1 Å². The molecule has 0 saturated heterocycles. The molecule has 0 heterocycles. The second-order valence-corrected chi connectivity index (χ2v) is 4.82. The Hall–Kier alpha value is -1.83. The Balaban J connectivity index is 2.96. The third-order valence-corrected chi connectivity index (χ3v) is 3.15. The van der Waals surface area contributed by atoms with Crippen LogP contribution in [0.25, 0.3) is 0 Å². The van der Waals surface area contributed by atoms with Crippen LogP contribution in [0.15, 0.2) is 18.2 Å². The van der Waals surface area contributed by atoms with Crippen LogP contribution in [0, 0.1) is 0 Å². The summed E-state index contributed by atoms with van der Waals surface area (Å²) in [6.07, 6.45) is -4.57. The van der Waals surface area contributed by atoms with E-state index in [9.17, 15) is 18.0 Å². The van der Waals surface area contributed by atoms with Crippen molar-refractivity contribution >= 4 is 28.8 Å². The van der Waals surface area contributed by atoms with Gasteiger partial charge in [-0.3, -0.25) is 4.79 Å². The first kappa shape index (κ1) is 17.2. The van der Waals surface area contributed by atoms with E-state index in [1.54, 1.807) is 14.0 Å². The Bertz CT molecular complexity index is 546. The molecule has 4 nitrogen and oxygen atoms in total. The molecule has 1 aromatic carbocycles. The van der Waals surface area contributed by atoms with Crippen LogP contribution < -0.4 is 11.1 Å². The van der Waals surface area contributed by atoms with Crippen molar-refractivity contribution in [1.82, 2.24) is 4.90 Å². The molecule has 116 valence electrons. The average molecular weight is 319 g/mol. The molecule has 1 rings (SSSR count). The molecule has 0 aliphatic rings. The Morgan fingerprint density at radius 3 is 2.52 bits per heavy atom. The fourth-order valence-corrected chi connectivity index (χ4v) is 1.77. The number of halogens is 3. The third kappa shape index (κ3) is 4.59. The number of carbonyl (C=O) groups excluding carboxylic acids is 1. The number of anilines is 1. The van der Waals surface area contributed by atoms with Gasteiger partial charge in [-0.2, -0.15) is 13.2 Å². The summed E-state index contributed by atoms with van der Waals surface area (Å²) in [4.78, 5) is 12.7. The van der Waals surface area contributed by atoms with E-state index in [1.165, 1.54) is 17.0 Å². The maximum atomic E-state index is 13.0. The first-order valence-electron chi connectivity index (χ1n) is 6.15. The summed E-state index contributed by atoms with van der Waals surface area (Å²) in [5, 5.41) is 2.66. The molecule has 3 N–H and O–H groups in total. The van der Waals surface area contributed by atoms with Crippen LogP contribution in [0.3, 0.4) is 0 Å². The molecular formula is C13H16F3N3OS. The number of amides is 1. The lowest BCUT2D eigenvalue weighted by atomic mass is 10.1. The van der Waals surface area contributed by atoms with Crippen LogP contribution >= 0.6 is 12.2 Å². The van der Waals surface area contributed by atoms with Crippen LogP contribution in [-0.2, 0) is 11.0 Å². The predicted molar refractivity (Wildman–Crippen MR) is 79.1 cm³/mol. The molecule has 0 saturated carbocycles. The van der Waals surface area contributed by atoms with Gasteiger partial charge in [0.25, 0.3) is 0 Å². The summed E-state index contributed by atoms with van der Waals surface area (Å²) < 4.78 is 38.9. The lowest BCUT2D eigenvalue weighted by Crippen LogP contribution is -2.32. The van der Waals surface area contributed by atoms with Crippen LogP contribution in [0.2, 0.25) is 0 Å². The van der Waals surface area contributed by atoms with Crippen molar-refractivity contribution in [3.63, 3.8) is 0 Å². The van der Waals surface area contributed by atoms with Crippen molar-refractivity contribution in [1.29, 1.82) is 0 Å². The van der Waals surface area contributed by atoms with Gasteiger partial charge in [-0.1, -0.05) is 12.2 Å². The first-order chi connectivity index (χ1) is 9.66. The summed E-state index contributed by atoms with van der Waals surface area (Å²) >= 11 is 4.61. The molecule has 0 radical (unpaired) electrons. The number of benzene rings is 1. The van der Waals surface area contributed by atoms with Crippen LogP contribution in [0.4, 0.5) is 18.9 Å². The Morgan fingerprint density at radius 1 is 1.43 bits per heavy atom. The molecule has 0 unspecified atom stereocenters. The standard InChI is InChI=1S/C13H16F3N3OS/c1-3-19(2)11(20)7-18-8-4-5-9(12(17)21)10(6-8)13(14,15)16/h4-6,18H,3,7H2,1-2H3,(H2,17,21). The zero-order valence-electron chi connectivity index (χ0n) is 11.6. The van der Waals surface area contributed by atoms with Crippen molar-refractivity contribution < 1.29 is 18.0 Å². The second kappa shape index (κ2) is 6.75. The second-order valence-electron chi connectivity index (χ2n) is 4.38. The third-order valence-electron chi connectivity index (χ3n) is 2.93. The number of nitrogens with zero attached hydrogens (tertiary/aromatic N) is 1. The molecule has 0 bridgehead atoms. The van der Waals surface area contributed by atoms with Gasteiger partial charge in [-0.15, -0.1) is 0 Å². The van der Waals surface area contributed by atoms with Crippen molar-refractivity contribution in [2.75, 3.05) is 25.5 Å². The molecule has 1 aromatic rings. The van der Waals surface area contributed by atoms with Gasteiger partial charge in [-0.25, -0.2) is 0 Å². The van der Waals surface area contributed by atoms with Gasteiger partial charge in [0.1, 0.15) is 4.99 Å². The maximum Gasteiger partial charge on any atom is 0.417 e. The molecule has 1 amide bonds. The Labute approximate surface area is 126 Å². The quantitative estimate of drug-likeness (QED) is 0.817. The highest BCUT2D eigenvalue weighted by Crippen LogP contribution is 2.33. The lowest BCUT2D eigenvalue weighted by molar-refractivity contribution is -0.137. The van der Waals surface area contributed by atoms with E-state index in [1.807, 2.05) is 0 Å². The van der Waals surface area contributed by atoms with E-state index in [0.717, 1.165) is 6.07 Å².